The van der Waals surface area contributed by atoms with Crippen LogP contribution in [0.15, 0.2) is 42.7 Å². The van der Waals surface area contributed by atoms with Gasteiger partial charge in [-0.15, -0.1) is 0 Å². The van der Waals surface area contributed by atoms with Gasteiger partial charge in [-0.2, -0.15) is 0 Å². The summed E-state index contributed by atoms with van der Waals surface area (Å²) in [6.07, 6.45) is 3.69. The van der Waals surface area contributed by atoms with Gasteiger partial charge in [-0.25, -0.2) is 4.98 Å². The number of anilines is 1. The zero-order valence-corrected chi connectivity index (χ0v) is 12.0. The number of nitrogens with zero attached hydrogens (tertiary/aromatic N) is 3. The summed E-state index contributed by atoms with van der Waals surface area (Å²) < 4.78 is 2.14. The van der Waals surface area contributed by atoms with Crippen LogP contribution in [0.1, 0.15) is 24.4 Å². The van der Waals surface area contributed by atoms with Crippen LogP contribution < -0.4 is 5.32 Å². The smallest absolute Gasteiger partial charge is 0.131 e. The van der Waals surface area contributed by atoms with E-state index in [1.807, 2.05) is 37.5 Å². The molecule has 1 aromatic carbocycles. The van der Waals surface area contributed by atoms with Crippen LogP contribution in [-0.2, 0) is 7.05 Å². The van der Waals surface area contributed by atoms with E-state index in [-0.39, 0.29) is 6.04 Å². The molecule has 4 heteroatoms. The molecule has 0 bridgehead atoms. The maximum absolute atomic E-state index is 4.71. The second-order valence-corrected chi connectivity index (χ2v) is 5.13. The van der Waals surface area contributed by atoms with Crippen LogP contribution in [0.25, 0.3) is 11.0 Å². The molecule has 0 spiro atoms. The number of imidazole rings is 1. The number of rotatable bonds is 3. The van der Waals surface area contributed by atoms with Crippen molar-refractivity contribution in [2.45, 2.75) is 19.9 Å². The Morgan fingerprint density at radius 3 is 2.75 bits per heavy atom. The number of hydrogen-bond donors (Lipinski definition) is 1. The molecule has 3 rings (SSSR count). The van der Waals surface area contributed by atoms with Gasteiger partial charge in [0.25, 0.3) is 0 Å². The Labute approximate surface area is 118 Å². The van der Waals surface area contributed by atoms with Crippen LogP contribution in [0, 0.1) is 6.92 Å². The summed E-state index contributed by atoms with van der Waals surface area (Å²) in [6.45, 7) is 4.15. The molecule has 0 aliphatic heterocycles. The third kappa shape index (κ3) is 2.25. The summed E-state index contributed by atoms with van der Waals surface area (Å²) in [5.41, 5.74) is 4.34. The molecule has 1 N–H and O–H groups in total. The fourth-order valence-corrected chi connectivity index (χ4v) is 2.50. The zero-order valence-electron chi connectivity index (χ0n) is 12.0. The van der Waals surface area contributed by atoms with Crippen molar-refractivity contribution in [2.75, 3.05) is 5.32 Å². The Morgan fingerprint density at radius 1 is 1.20 bits per heavy atom. The first kappa shape index (κ1) is 12.7. The molecule has 0 radical (unpaired) electrons. The third-order valence-electron chi connectivity index (χ3n) is 3.47. The van der Waals surface area contributed by atoms with Crippen LogP contribution in [0.5, 0.6) is 0 Å². The van der Waals surface area contributed by atoms with E-state index in [1.54, 1.807) is 0 Å². The van der Waals surface area contributed by atoms with Crippen LogP contribution >= 0.6 is 0 Å². The molecule has 0 saturated carbocycles. The van der Waals surface area contributed by atoms with Crippen LogP contribution in [0.3, 0.4) is 0 Å². The SMILES string of the molecule is Cc1cncc(NC(C)c2nc3ccccc3n2C)c1. The molecule has 0 aliphatic carbocycles. The largest absolute Gasteiger partial charge is 0.374 e. The number of para-hydroxylation sites is 2. The van der Waals surface area contributed by atoms with E-state index in [4.69, 9.17) is 4.98 Å². The number of benzene rings is 1. The third-order valence-corrected chi connectivity index (χ3v) is 3.47. The Kier molecular flexibility index (Phi) is 3.14. The number of fused-ring (bicyclic) bond motifs is 1. The lowest BCUT2D eigenvalue weighted by Gasteiger charge is -2.15. The summed E-state index contributed by atoms with van der Waals surface area (Å²) in [6, 6.07) is 10.4. The fourth-order valence-electron chi connectivity index (χ4n) is 2.50. The molecule has 0 aliphatic rings. The van der Waals surface area contributed by atoms with Crippen molar-refractivity contribution in [1.29, 1.82) is 0 Å². The van der Waals surface area contributed by atoms with Crippen molar-refractivity contribution in [1.82, 2.24) is 14.5 Å². The summed E-state index contributed by atoms with van der Waals surface area (Å²) in [5.74, 6) is 1.02. The Bertz CT molecular complexity index is 745. The number of nitrogens with one attached hydrogen (secondary N) is 1. The second kappa shape index (κ2) is 4.96. The molecule has 0 fully saturated rings. The van der Waals surface area contributed by atoms with Crippen molar-refractivity contribution in [2.24, 2.45) is 7.05 Å². The zero-order chi connectivity index (χ0) is 14.1. The predicted molar refractivity (Wildman–Crippen MR) is 81.7 cm³/mol. The molecule has 2 aromatic heterocycles. The maximum Gasteiger partial charge on any atom is 0.131 e. The monoisotopic (exact) mass is 266 g/mol. The van der Waals surface area contributed by atoms with Crippen molar-refractivity contribution < 1.29 is 0 Å². The first-order valence-corrected chi connectivity index (χ1v) is 6.74. The maximum atomic E-state index is 4.71. The van der Waals surface area contributed by atoms with Gasteiger partial charge in [0.2, 0.25) is 0 Å². The van der Waals surface area contributed by atoms with E-state index in [2.05, 4.69) is 41.0 Å². The second-order valence-electron chi connectivity index (χ2n) is 5.13. The minimum Gasteiger partial charge on any atom is -0.374 e. The molecule has 1 unspecified atom stereocenters. The normalized spacial score (nSPS) is 12.6. The van der Waals surface area contributed by atoms with Crippen LogP contribution in [0.4, 0.5) is 5.69 Å². The molecule has 102 valence electrons. The van der Waals surface area contributed by atoms with E-state index in [0.29, 0.717) is 0 Å². The van der Waals surface area contributed by atoms with Gasteiger partial charge in [-0.05, 0) is 37.6 Å². The fraction of sp³-hybridized carbons (Fsp3) is 0.250. The Morgan fingerprint density at radius 2 is 2.00 bits per heavy atom. The van der Waals surface area contributed by atoms with Crippen molar-refractivity contribution in [3.63, 3.8) is 0 Å². The predicted octanol–water partition coefficient (Wildman–Crippen LogP) is 3.45. The van der Waals surface area contributed by atoms with Crippen molar-refractivity contribution in [3.8, 4) is 0 Å². The number of pyridine rings is 1. The quantitative estimate of drug-likeness (QED) is 0.789. The van der Waals surface area contributed by atoms with Crippen molar-refractivity contribution >= 4 is 16.7 Å². The molecular weight excluding hydrogens is 248 g/mol. The molecule has 3 aromatic rings. The van der Waals surface area contributed by atoms with Gasteiger partial charge in [0.1, 0.15) is 5.82 Å². The van der Waals surface area contributed by atoms with Crippen LogP contribution in [0.2, 0.25) is 0 Å². The number of aryl methyl sites for hydroxylation is 2. The van der Waals surface area contributed by atoms with Gasteiger partial charge in [-0.3, -0.25) is 4.98 Å². The lowest BCUT2D eigenvalue weighted by molar-refractivity contribution is 0.733. The minimum absolute atomic E-state index is 0.121. The lowest BCUT2D eigenvalue weighted by Crippen LogP contribution is -2.12. The van der Waals surface area contributed by atoms with Gasteiger partial charge in [0.15, 0.2) is 0 Å². The highest BCUT2D eigenvalue weighted by molar-refractivity contribution is 5.76. The van der Waals surface area contributed by atoms with Gasteiger partial charge in [0.05, 0.1) is 22.8 Å². The first-order chi connectivity index (χ1) is 9.65. The number of aromatic nitrogens is 3. The summed E-state index contributed by atoms with van der Waals surface area (Å²) in [7, 11) is 2.05. The highest BCUT2D eigenvalue weighted by atomic mass is 15.1. The van der Waals surface area contributed by atoms with Gasteiger partial charge >= 0.3 is 0 Å². The van der Waals surface area contributed by atoms with E-state index in [0.717, 1.165) is 28.1 Å². The van der Waals surface area contributed by atoms with Gasteiger partial charge in [0, 0.05) is 19.4 Å². The average molecular weight is 266 g/mol. The molecule has 4 nitrogen and oxygen atoms in total. The van der Waals surface area contributed by atoms with E-state index in [9.17, 15) is 0 Å². The van der Waals surface area contributed by atoms with E-state index < -0.39 is 0 Å². The Hall–Kier alpha value is -2.36. The van der Waals surface area contributed by atoms with Crippen LogP contribution in [-0.4, -0.2) is 14.5 Å². The van der Waals surface area contributed by atoms with E-state index in [1.165, 1.54) is 0 Å². The highest BCUT2D eigenvalue weighted by Crippen LogP contribution is 2.22. The highest BCUT2D eigenvalue weighted by Gasteiger charge is 2.14. The standard InChI is InChI=1S/C16H18N4/c1-11-8-13(10-17-9-11)18-12(2)16-19-14-6-4-5-7-15(14)20(16)3/h4-10,12,18H,1-3H3. The summed E-state index contributed by atoms with van der Waals surface area (Å²) in [5, 5.41) is 3.45. The lowest BCUT2D eigenvalue weighted by atomic mass is 10.2. The molecular formula is C16H18N4. The topological polar surface area (TPSA) is 42.7 Å². The summed E-state index contributed by atoms with van der Waals surface area (Å²) >= 11 is 0. The number of hydrogen-bond acceptors (Lipinski definition) is 3. The molecule has 0 amide bonds. The molecule has 20 heavy (non-hydrogen) atoms. The molecule has 0 saturated heterocycles. The van der Waals surface area contributed by atoms with Gasteiger partial charge in [-0.1, -0.05) is 12.1 Å². The first-order valence-electron chi connectivity index (χ1n) is 6.74. The van der Waals surface area contributed by atoms with Gasteiger partial charge < -0.3 is 9.88 Å². The summed E-state index contributed by atoms with van der Waals surface area (Å²) in [4.78, 5) is 8.92. The van der Waals surface area contributed by atoms with Crippen molar-refractivity contribution in [3.05, 3.63) is 54.1 Å². The average Bonchev–Trinajstić information content (AvgIpc) is 2.77. The minimum atomic E-state index is 0.121. The Balaban J connectivity index is 1.92. The van der Waals surface area contributed by atoms with E-state index >= 15 is 0 Å². The molecule has 2 heterocycles. The molecule has 1 atom stereocenters.